The van der Waals surface area contributed by atoms with Crippen LogP contribution in [0.4, 0.5) is 0 Å². The SMILES string of the molecule is CCC(C=O)(CC)CN(C)CC(C)O. The van der Waals surface area contributed by atoms with Gasteiger partial charge in [0.25, 0.3) is 0 Å². The molecule has 0 aliphatic rings. The molecule has 0 spiro atoms. The fourth-order valence-corrected chi connectivity index (χ4v) is 1.73. The van der Waals surface area contributed by atoms with Crippen molar-refractivity contribution in [2.75, 3.05) is 20.1 Å². The Balaban J connectivity index is 4.22. The van der Waals surface area contributed by atoms with E-state index in [0.717, 1.165) is 25.7 Å². The van der Waals surface area contributed by atoms with Crippen molar-refractivity contribution in [3.63, 3.8) is 0 Å². The van der Waals surface area contributed by atoms with Crippen molar-refractivity contribution < 1.29 is 9.90 Å². The summed E-state index contributed by atoms with van der Waals surface area (Å²) < 4.78 is 0. The van der Waals surface area contributed by atoms with Crippen LogP contribution in [-0.4, -0.2) is 42.5 Å². The maximum absolute atomic E-state index is 11.0. The number of aliphatic hydroxyl groups is 1. The molecule has 0 aromatic heterocycles. The minimum Gasteiger partial charge on any atom is -0.392 e. The first-order chi connectivity index (χ1) is 6.49. The summed E-state index contributed by atoms with van der Waals surface area (Å²) in [6.07, 6.45) is 2.44. The quantitative estimate of drug-likeness (QED) is 0.631. The Morgan fingerprint density at radius 2 is 1.93 bits per heavy atom. The third-order valence-corrected chi connectivity index (χ3v) is 2.82. The van der Waals surface area contributed by atoms with E-state index in [1.807, 2.05) is 25.8 Å². The molecule has 0 fully saturated rings. The van der Waals surface area contributed by atoms with Crippen molar-refractivity contribution >= 4 is 6.29 Å². The maximum atomic E-state index is 11.0. The largest absolute Gasteiger partial charge is 0.392 e. The van der Waals surface area contributed by atoms with Gasteiger partial charge >= 0.3 is 0 Å². The molecule has 0 saturated carbocycles. The van der Waals surface area contributed by atoms with Crippen LogP contribution >= 0.6 is 0 Å². The lowest BCUT2D eigenvalue weighted by molar-refractivity contribution is -0.117. The van der Waals surface area contributed by atoms with Crippen LogP contribution in [0.3, 0.4) is 0 Å². The number of rotatable bonds is 7. The molecule has 1 N–H and O–H groups in total. The number of aldehydes is 1. The van der Waals surface area contributed by atoms with Crippen molar-refractivity contribution in [1.29, 1.82) is 0 Å². The predicted octanol–water partition coefficient (Wildman–Crippen LogP) is 1.30. The zero-order chi connectivity index (χ0) is 11.2. The number of carbonyl (C=O) groups excluding carboxylic acids is 1. The molecule has 1 atom stereocenters. The van der Waals surface area contributed by atoms with E-state index >= 15 is 0 Å². The van der Waals surface area contributed by atoms with E-state index < -0.39 is 0 Å². The molecule has 0 aliphatic carbocycles. The lowest BCUT2D eigenvalue weighted by atomic mass is 9.83. The van der Waals surface area contributed by atoms with Crippen LogP contribution in [-0.2, 0) is 4.79 Å². The normalized spacial score (nSPS) is 14.4. The molecule has 0 rings (SSSR count). The van der Waals surface area contributed by atoms with Gasteiger partial charge in [-0.15, -0.1) is 0 Å². The van der Waals surface area contributed by atoms with Crippen LogP contribution in [0.5, 0.6) is 0 Å². The molecule has 0 saturated heterocycles. The van der Waals surface area contributed by atoms with Crippen LogP contribution in [0.25, 0.3) is 0 Å². The fourth-order valence-electron chi connectivity index (χ4n) is 1.73. The van der Waals surface area contributed by atoms with Crippen LogP contribution in [0, 0.1) is 5.41 Å². The second-order valence-corrected chi connectivity index (χ2v) is 4.23. The maximum Gasteiger partial charge on any atom is 0.127 e. The van der Waals surface area contributed by atoms with Gasteiger partial charge in [0.1, 0.15) is 6.29 Å². The summed E-state index contributed by atoms with van der Waals surface area (Å²) in [6, 6.07) is 0. The average molecular weight is 201 g/mol. The highest BCUT2D eigenvalue weighted by molar-refractivity contribution is 5.59. The number of carbonyl (C=O) groups is 1. The molecular formula is C11H23NO2. The van der Waals surface area contributed by atoms with Crippen LogP contribution < -0.4 is 0 Å². The van der Waals surface area contributed by atoms with Gasteiger partial charge in [-0.25, -0.2) is 0 Å². The third-order valence-electron chi connectivity index (χ3n) is 2.82. The summed E-state index contributed by atoms with van der Waals surface area (Å²) in [5, 5.41) is 9.21. The molecule has 0 amide bonds. The van der Waals surface area contributed by atoms with Crippen molar-refractivity contribution in [2.45, 2.75) is 39.7 Å². The molecule has 84 valence electrons. The zero-order valence-electron chi connectivity index (χ0n) is 9.79. The Morgan fingerprint density at radius 1 is 1.43 bits per heavy atom. The molecule has 0 radical (unpaired) electrons. The Labute approximate surface area is 87.1 Å². The third kappa shape index (κ3) is 4.20. The summed E-state index contributed by atoms with van der Waals surface area (Å²) >= 11 is 0. The number of likely N-dealkylation sites (N-methyl/N-ethyl adjacent to an activating group) is 1. The molecule has 0 heterocycles. The molecule has 3 heteroatoms. The highest BCUT2D eigenvalue weighted by atomic mass is 16.3. The Bertz CT molecular complexity index is 165. The lowest BCUT2D eigenvalue weighted by Gasteiger charge is -2.31. The summed E-state index contributed by atoms with van der Waals surface area (Å²) in [5.74, 6) is 0. The highest BCUT2D eigenvalue weighted by Crippen LogP contribution is 2.24. The standard InChI is InChI=1S/C11H23NO2/c1-5-11(6-2,9-13)8-12(4)7-10(3)14/h9-10,14H,5-8H2,1-4H3. The van der Waals surface area contributed by atoms with E-state index in [9.17, 15) is 9.90 Å². The lowest BCUT2D eigenvalue weighted by Crippen LogP contribution is -2.39. The number of hydrogen-bond donors (Lipinski definition) is 1. The Hall–Kier alpha value is -0.410. The summed E-state index contributed by atoms with van der Waals surface area (Å²) in [4.78, 5) is 13.0. The van der Waals surface area contributed by atoms with Crippen LogP contribution in [0.2, 0.25) is 0 Å². The fraction of sp³-hybridized carbons (Fsp3) is 0.909. The van der Waals surface area contributed by atoms with Crippen molar-refractivity contribution in [2.24, 2.45) is 5.41 Å². The molecule has 0 aromatic carbocycles. The van der Waals surface area contributed by atoms with Gasteiger partial charge in [-0.1, -0.05) is 13.8 Å². The average Bonchev–Trinajstić information content (AvgIpc) is 2.13. The zero-order valence-corrected chi connectivity index (χ0v) is 9.79. The van der Waals surface area contributed by atoms with Gasteiger partial charge in [0, 0.05) is 18.5 Å². The van der Waals surface area contributed by atoms with Crippen molar-refractivity contribution in [1.82, 2.24) is 4.90 Å². The van der Waals surface area contributed by atoms with Crippen molar-refractivity contribution in [3.05, 3.63) is 0 Å². The summed E-state index contributed by atoms with van der Waals surface area (Å²) in [5.41, 5.74) is -0.232. The van der Waals surface area contributed by atoms with Gasteiger partial charge in [0.2, 0.25) is 0 Å². The first kappa shape index (κ1) is 13.6. The van der Waals surface area contributed by atoms with Gasteiger partial charge in [0.05, 0.1) is 6.10 Å². The first-order valence-electron chi connectivity index (χ1n) is 5.32. The second kappa shape index (κ2) is 6.14. The molecular weight excluding hydrogens is 178 g/mol. The molecule has 0 aromatic rings. The number of hydrogen-bond acceptors (Lipinski definition) is 3. The van der Waals surface area contributed by atoms with Crippen LogP contribution in [0.1, 0.15) is 33.6 Å². The number of aliphatic hydroxyl groups excluding tert-OH is 1. The van der Waals surface area contributed by atoms with Gasteiger partial charge < -0.3 is 14.8 Å². The Kier molecular flexibility index (Phi) is 5.96. The Morgan fingerprint density at radius 3 is 2.21 bits per heavy atom. The van der Waals surface area contributed by atoms with E-state index in [-0.39, 0.29) is 11.5 Å². The summed E-state index contributed by atoms with van der Waals surface area (Å²) in [6.45, 7) is 7.18. The van der Waals surface area contributed by atoms with E-state index in [1.165, 1.54) is 0 Å². The van der Waals surface area contributed by atoms with Gasteiger partial charge in [-0.2, -0.15) is 0 Å². The van der Waals surface area contributed by atoms with Gasteiger partial charge in [-0.3, -0.25) is 0 Å². The van der Waals surface area contributed by atoms with E-state index in [2.05, 4.69) is 0 Å². The topological polar surface area (TPSA) is 40.5 Å². The second-order valence-electron chi connectivity index (χ2n) is 4.23. The summed E-state index contributed by atoms with van der Waals surface area (Å²) in [7, 11) is 1.94. The van der Waals surface area contributed by atoms with Crippen LogP contribution in [0.15, 0.2) is 0 Å². The molecule has 3 nitrogen and oxygen atoms in total. The number of nitrogens with zero attached hydrogens (tertiary/aromatic N) is 1. The van der Waals surface area contributed by atoms with E-state index in [1.54, 1.807) is 6.92 Å². The molecule has 0 aliphatic heterocycles. The minimum absolute atomic E-state index is 0.232. The molecule has 0 bridgehead atoms. The predicted molar refractivity (Wildman–Crippen MR) is 58.3 cm³/mol. The van der Waals surface area contributed by atoms with Crippen molar-refractivity contribution in [3.8, 4) is 0 Å². The molecule has 1 unspecified atom stereocenters. The minimum atomic E-state index is -0.335. The molecule has 14 heavy (non-hydrogen) atoms. The first-order valence-corrected chi connectivity index (χ1v) is 5.32. The highest BCUT2D eigenvalue weighted by Gasteiger charge is 2.27. The van der Waals surface area contributed by atoms with Gasteiger partial charge in [0.15, 0.2) is 0 Å². The monoisotopic (exact) mass is 201 g/mol. The van der Waals surface area contributed by atoms with E-state index in [4.69, 9.17) is 0 Å². The smallest absolute Gasteiger partial charge is 0.127 e. The van der Waals surface area contributed by atoms with E-state index in [0.29, 0.717) is 6.54 Å². The van der Waals surface area contributed by atoms with Gasteiger partial charge in [-0.05, 0) is 26.8 Å².